The van der Waals surface area contributed by atoms with Crippen LogP contribution in [0.3, 0.4) is 0 Å². The van der Waals surface area contributed by atoms with Crippen LogP contribution in [0, 0.1) is 3.57 Å². The number of halogens is 1. The summed E-state index contributed by atoms with van der Waals surface area (Å²) in [7, 11) is 0. The van der Waals surface area contributed by atoms with Crippen molar-refractivity contribution in [1.29, 1.82) is 0 Å². The molecule has 2 nitrogen and oxygen atoms in total. The van der Waals surface area contributed by atoms with Gasteiger partial charge < -0.3 is 0 Å². The van der Waals surface area contributed by atoms with Gasteiger partial charge in [0.2, 0.25) is 0 Å². The van der Waals surface area contributed by atoms with E-state index in [2.05, 4.69) is 32.6 Å². The van der Waals surface area contributed by atoms with Crippen LogP contribution in [-0.4, -0.2) is 9.97 Å². The summed E-state index contributed by atoms with van der Waals surface area (Å²) in [6.07, 6.45) is 3.41. The predicted octanol–water partition coefficient (Wildman–Crippen LogP) is 2.23. The third-order valence-corrected chi connectivity index (χ3v) is 2.44. The maximum Gasteiger partial charge on any atom is 0.116 e. The molecule has 0 unspecified atom stereocenters. The molecule has 0 spiro atoms. The molecule has 54 valence electrons. The fourth-order valence-electron chi connectivity index (χ4n) is 0.969. The largest absolute Gasteiger partial charge is 0.244 e. The SMILES string of the molecule is Ic1cccc2ncncc12. The molecule has 3 heteroatoms. The van der Waals surface area contributed by atoms with Crippen LogP contribution in [0.15, 0.2) is 30.7 Å². The zero-order chi connectivity index (χ0) is 7.68. The molecule has 1 aromatic heterocycles. The number of benzene rings is 1. The summed E-state index contributed by atoms with van der Waals surface area (Å²) < 4.78 is 1.20. The van der Waals surface area contributed by atoms with E-state index in [0.717, 1.165) is 10.9 Å². The molecule has 1 heterocycles. The van der Waals surface area contributed by atoms with Crippen LogP contribution >= 0.6 is 22.6 Å². The van der Waals surface area contributed by atoms with Gasteiger partial charge in [0.1, 0.15) is 6.33 Å². The van der Waals surface area contributed by atoms with Crippen LogP contribution in [0.1, 0.15) is 0 Å². The standard InChI is InChI=1S/C8H5IN2/c9-7-2-1-3-8-6(7)4-10-5-11-8/h1-5H. The number of hydrogen-bond donors (Lipinski definition) is 0. The molecule has 2 aromatic rings. The molecule has 0 atom stereocenters. The summed E-state index contributed by atoms with van der Waals surface area (Å²) in [4.78, 5) is 8.08. The molecule has 2 rings (SSSR count). The summed E-state index contributed by atoms with van der Waals surface area (Å²) >= 11 is 2.28. The minimum atomic E-state index is 1.01. The van der Waals surface area contributed by atoms with E-state index in [-0.39, 0.29) is 0 Å². The Hall–Kier alpha value is -0.710. The number of hydrogen-bond acceptors (Lipinski definition) is 2. The van der Waals surface area contributed by atoms with Crippen LogP contribution in [0.4, 0.5) is 0 Å². The minimum absolute atomic E-state index is 1.01. The highest BCUT2D eigenvalue weighted by Crippen LogP contribution is 2.16. The third kappa shape index (κ3) is 1.20. The fourth-order valence-corrected chi connectivity index (χ4v) is 1.59. The van der Waals surface area contributed by atoms with Crippen molar-refractivity contribution in [3.05, 3.63) is 34.3 Å². The highest BCUT2D eigenvalue weighted by atomic mass is 127. The van der Waals surface area contributed by atoms with Gasteiger partial charge in [0.25, 0.3) is 0 Å². The molecule has 0 aliphatic carbocycles. The molecule has 0 fully saturated rings. The van der Waals surface area contributed by atoms with Crippen molar-refractivity contribution in [2.45, 2.75) is 0 Å². The number of nitrogens with zero attached hydrogens (tertiary/aromatic N) is 2. The first kappa shape index (κ1) is 6.97. The van der Waals surface area contributed by atoms with E-state index in [1.165, 1.54) is 3.57 Å². The molecule has 0 aliphatic rings. The molecule has 1 aromatic carbocycles. The maximum atomic E-state index is 4.13. The van der Waals surface area contributed by atoms with Gasteiger partial charge in [-0.15, -0.1) is 0 Å². The Kier molecular flexibility index (Phi) is 1.73. The average molecular weight is 256 g/mol. The first-order valence-corrected chi connectivity index (χ1v) is 4.30. The maximum absolute atomic E-state index is 4.13. The van der Waals surface area contributed by atoms with Gasteiger partial charge in [0, 0.05) is 15.2 Å². The zero-order valence-electron chi connectivity index (χ0n) is 5.66. The smallest absolute Gasteiger partial charge is 0.116 e. The molecule has 0 amide bonds. The monoisotopic (exact) mass is 256 g/mol. The normalized spacial score (nSPS) is 10.3. The van der Waals surface area contributed by atoms with Crippen molar-refractivity contribution < 1.29 is 0 Å². The van der Waals surface area contributed by atoms with E-state index in [1.807, 2.05) is 24.4 Å². The fraction of sp³-hybridized carbons (Fsp3) is 0. The lowest BCUT2D eigenvalue weighted by atomic mass is 10.2. The molecular formula is C8H5IN2. The van der Waals surface area contributed by atoms with E-state index in [4.69, 9.17) is 0 Å². The van der Waals surface area contributed by atoms with Crippen molar-refractivity contribution in [1.82, 2.24) is 9.97 Å². The average Bonchev–Trinajstić information content (AvgIpc) is 2.06. The van der Waals surface area contributed by atoms with Crippen molar-refractivity contribution in [3.8, 4) is 0 Å². The van der Waals surface area contributed by atoms with Crippen LogP contribution in [0.25, 0.3) is 10.9 Å². The van der Waals surface area contributed by atoms with Crippen molar-refractivity contribution in [2.24, 2.45) is 0 Å². The van der Waals surface area contributed by atoms with Gasteiger partial charge in [0.05, 0.1) is 5.52 Å². The second-order valence-corrected chi connectivity index (χ2v) is 3.36. The van der Waals surface area contributed by atoms with Gasteiger partial charge in [-0.1, -0.05) is 6.07 Å². The Morgan fingerprint density at radius 2 is 2.18 bits per heavy atom. The zero-order valence-corrected chi connectivity index (χ0v) is 7.82. The lowest BCUT2D eigenvalue weighted by molar-refractivity contribution is 1.22. The molecule has 0 saturated carbocycles. The molecule has 0 aliphatic heterocycles. The molecule has 0 bridgehead atoms. The molecule has 0 saturated heterocycles. The van der Waals surface area contributed by atoms with E-state index >= 15 is 0 Å². The summed E-state index contributed by atoms with van der Waals surface area (Å²) in [6, 6.07) is 6.03. The van der Waals surface area contributed by atoms with Gasteiger partial charge >= 0.3 is 0 Å². The Morgan fingerprint density at radius 3 is 3.00 bits per heavy atom. The Morgan fingerprint density at radius 1 is 1.27 bits per heavy atom. The van der Waals surface area contributed by atoms with Crippen LogP contribution < -0.4 is 0 Å². The topological polar surface area (TPSA) is 25.8 Å². The van der Waals surface area contributed by atoms with Crippen molar-refractivity contribution in [3.63, 3.8) is 0 Å². The second kappa shape index (κ2) is 2.73. The van der Waals surface area contributed by atoms with Gasteiger partial charge in [0.15, 0.2) is 0 Å². The Bertz CT molecular complexity index is 381. The minimum Gasteiger partial charge on any atom is -0.244 e. The summed E-state index contributed by atoms with van der Waals surface area (Å²) in [5.74, 6) is 0. The number of aromatic nitrogens is 2. The molecule has 0 N–H and O–H groups in total. The molecule has 0 radical (unpaired) electrons. The third-order valence-electron chi connectivity index (χ3n) is 1.50. The van der Waals surface area contributed by atoms with Crippen LogP contribution in [-0.2, 0) is 0 Å². The van der Waals surface area contributed by atoms with Crippen LogP contribution in [0.5, 0.6) is 0 Å². The quantitative estimate of drug-likeness (QED) is 0.675. The van der Waals surface area contributed by atoms with Crippen molar-refractivity contribution in [2.75, 3.05) is 0 Å². The molecular weight excluding hydrogens is 251 g/mol. The van der Waals surface area contributed by atoms with Gasteiger partial charge in [-0.2, -0.15) is 0 Å². The number of fused-ring (bicyclic) bond motifs is 1. The lowest BCUT2D eigenvalue weighted by Crippen LogP contribution is -1.82. The van der Waals surface area contributed by atoms with Gasteiger partial charge in [-0.25, -0.2) is 9.97 Å². The summed E-state index contributed by atoms with van der Waals surface area (Å²) in [5, 5.41) is 1.12. The van der Waals surface area contributed by atoms with E-state index in [0.29, 0.717) is 0 Å². The summed E-state index contributed by atoms with van der Waals surface area (Å²) in [6.45, 7) is 0. The first-order valence-electron chi connectivity index (χ1n) is 3.22. The lowest BCUT2D eigenvalue weighted by Gasteiger charge is -1.95. The number of rotatable bonds is 0. The highest BCUT2D eigenvalue weighted by Gasteiger charge is 1.95. The highest BCUT2D eigenvalue weighted by molar-refractivity contribution is 14.1. The van der Waals surface area contributed by atoms with E-state index in [1.54, 1.807) is 6.33 Å². The van der Waals surface area contributed by atoms with Gasteiger partial charge in [-0.3, -0.25) is 0 Å². The van der Waals surface area contributed by atoms with Crippen molar-refractivity contribution >= 4 is 33.5 Å². The van der Waals surface area contributed by atoms with E-state index in [9.17, 15) is 0 Å². The first-order chi connectivity index (χ1) is 5.38. The predicted molar refractivity (Wildman–Crippen MR) is 52.3 cm³/mol. The summed E-state index contributed by atoms with van der Waals surface area (Å²) in [5.41, 5.74) is 1.01. The second-order valence-electron chi connectivity index (χ2n) is 2.20. The van der Waals surface area contributed by atoms with Crippen LogP contribution in [0.2, 0.25) is 0 Å². The molecule has 11 heavy (non-hydrogen) atoms. The van der Waals surface area contributed by atoms with Gasteiger partial charge in [-0.05, 0) is 34.7 Å². The Labute approximate surface area is 77.8 Å². The van der Waals surface area contributed by atoms with E-state index < -0.39 is 0 Å². The Balaban J connectivity index is 2.91.